The van der Waals surface area contributed by atoms with Gasteiger partial charge in [0, 0.05) is 37.7 Å². The first kappa shape index (κ1) is 16.1. The average molecular weight is 311 g/mol. The molecule has 1 aromatic carbocycles. The van der Waals surface area contributed by atoms with Crippen molar-refractivity contribution >= 4 is 0 Å². The summed E-state index contributed by atoms with van der Waals surface area (Å²) in [4.78, 5) is 11.3. The summed E-state index contributed by atoms with van der Waals surface area (Å²) >= 11 is 0. The minimum atomic E-state index is 0.0859. The molecule has 2 aromatic rings. The van der Waals surface area contributed by atoms with Crippen LogP contribution in [0.2, 0.25) is 0 Å². The van der Waals surface area contributed by atoms with E-state index in [1.165, 1.54) is 17.5 Å². The zero-order valence-electron chi connectivity index (χ0n) is 14.0. The number of benzene rings is 1. The second-order valence-corrected chi connectivity index (χ2v) is 6.47. The first-order valence-corrected chi connectivity index (χ1v) is 8.37. The van der Waals surface area contributed by atoms with E-state index in [0.29, 0.717) is 0 Å². The summed E-state index contributed by atoms with van der Waals surface area (Å²) in [6.45, 7) is 4.73. The summed E-state index contributed by atoms with van der Waals surface area (Å²) in [5, 5.41) is 0. The molecule has 122 valence electrons. The van der Waals surface area contributed by atoms with Crippen LogP contribution < -0.4 is 0 Å². The second-order valence-electron chi connectivity index (χ2n) is 6.47. The van der Waals surface area contributed by atoms with Crippen LogP contribution >= 0.6 is 0 Å². The first-order valence-electron chi connectivity index (χ1n) is 8.37. The molecule has 1 saturated heterocycles. The van der Waals surface area contributed by atoms with E-state index in [1.807, 2.05) is 12.4 Å². The molecule has 0 N–H and O–H groups in total. The standard InChI is InChI=1S/C19H25N3O/c1-15-6-5-7-16(10-15)13-22(2)14-17-11-20-19(21-12-17)18-8-3-4-9-23-18/h5-7,10-12,18H,3-4,8-9,13-14H2,1-2H3. The van der Waals surface area contributed by atoms with E-state index >= 15 is 0 Å². The number of aryl methyl sites for hydroxylation is 1. The van der Waals surface area contributed by atoms with Gasteiger partial charge in [0.1, 0.15) is 6.10 Å². The third-order valence-electron chi connectivity index (χ3n) is 4.18. The fraction of sp³-hybridized carbons (Fsp3) is 0.474. The van der Waals surface area contributed by atoms with Gasteiger partial charge in [0.25, 0.3) is 0 Å². The monoisotopic (exact) mass is 311 g/mol. The van der Waals surface area contributed by atoms with Gasteiger partial charge in [-0.05, 0) is 38.8 Å². The Morgan fingerprint density at radius 2 is 1.91 bits per heavy atom. The van der Waals surface area contributed by atoms with Crippen LogP contribution in [-0.4, -0.2) is 28.5 Å². The summed E-state index contributed by atoms with van der Waals surface area (Å²) in [6, 6.07) is 8.64. The minimum Gasteiger partial charge on any atom is -0.370 e. The van der Waals surface area contributed by atoms with Crippen molar-refractivity contribution in [1.82, 2.24) is 14.9 Å². The van der Waals surface area contributed by atoms with Crippen LogP contribution in [0.4, 0.5) is 0 Å². The number of ether oxygens (including phenoxy) is 1. The molecule has 1 fully saturated rings. The lowest BCUT2D eigenvalue weighted by Crippen LogP contribution is -2.18. The molecule has 4 heteroatoms. The molecule has 1 atom stereocenters. The van der Waals surface area contributed by atoms with Gasteiger partial charge < -0.3 is 4.74 Å². The van der Waals surface area contributed by atoms with Gasteiger partial charge >= 0.3 is 0 Å². The molecule has 2 heterocycles. The summed E-state index contributed by atoms with van der Waals surface area (Å²) in [5.74, 6) is 0.829. The minimum absolute atomic E-state index is 0.0859. The predicted molar refractivity (Wildman–Crippen MR) is 90.9 cm³/mol. The molecule has 4 nitrogen and oxygen atoms in total. The van der Waals surface area contributed by atoms with E-state index in [-0.39, 0.29) is 6.10 Å². The number of nitrogens with zero attached hydrogens (tertiary/aromatic N) is 3. The van der Waals surface area contributed by atoms with Crippen molar-refractivity contribution in [1.29, 1.82) is 0 Å². The molecule has 0 radical (unpaired) electrons. The fourth-order valence-electron chi connectivity index (χ4n) is 3.05. The topological polar surface area (TPSA) is 38.2 Å². The van der Waals surface area contributed by atoms with Gasteiger partial charge in [-0.25, -0.2) is 9.97 Å². The van der Waals surface area contributed by atoms with Gasteiger partial charge in [0.15, 0.2) is 5.82 Å². The Hall–Kier alpha value is -1.78. The zero-order valence-corrected chi connectivity index (χ0v) is 14.0. The molecule has 0 spiro atoms. The maximum Gasteiger partial charge on any atom is 0.157 e. The van der Waals surface area contributed by atoms with Gasteiger partial charge in [-0.2, -0.15) is 0 Å². The number of aromatic nitrogens is 2. The molecule has 1 aromatic heterocycles. The lowest BCUT2D eigenvalue weighted by molar-refractivity contribution is 0.00938. The molecule has 0 bridgehead atoms. The highest BCUT2D eigenvalue weighted by atomic mass is 16.5. The normalized spacial score (nSPS) is 18.3. The molecule has 0 saturated carbocycles. The van der Waals surface area contributed by atoms with E-state index in [2.05, 4.69) is 53.1 Å². The van der Waals surface area contributed by atoms with Gasteiger partial charge in [-0.3, -0.25) is 4.90 Å². The molecule has 0 aliphatic carbocycles. The van der Waals surface area contributed by atoms with Gasteiger partial charge in [-0.15, -0.1) is 0 Å². The number of hydrogen-bond acceptors (Lipinski definition) is 4. The summed E-state index contributed by atoms with van der Waals surface area (Å²) < 4.78 is 5.74. The highest BCUT2D eigenvalue weighted by Crippen LogP contribution is 2.24. The van der Waals surface area contributed by atoms with Crippen molar-refractivity contribution < 1.29 is 4.74 Å². The van der Waals surface area contributed by atoms with Crippen LogP contribution in [0.25, 0.3) is 0 Å². The van der Waals surface area contributed by atoms with Crippen LogP contribution in [-0.2, 0) is 17.8 Å². The molecule has 1 aliphatic heterocycles. The van der Waals surface area contributed by atoms with Crippen LogP contribution in [0.15, 0.2) is 36.7 Å². The Morgan fingerprint density at radius 1 is 1.13 bits per heavy atom. The highest BCUT2D eigenvalue weighted by molar-refractivity contribution is 5.22. The van der Waals surface area contributed by atoms with Crippen molar-refractivity contribution in [3.8, 4) is 0 Å². The Morgan fingerprint density at radius 3 is 2.61 bits per heavy atom. The molecule has 1 aliphatic rings. The second kappa shape index (κ2) is 7.66. The van der Waals surface area contributed by atoms with E-state index < -0.39 is 0 Å². The summed E-state index contributed by atoms with van der Waals surface area (Å²) in [7, 11) is 2.13. The van der Waals surface area contributed by atoms with Crippen LogP contribution in [0.1, 0.15) is 47.9 Å². The SMILES string of the molecule is Cc1cccc(CN(C)Cc2cnc(C3CCCCO3)nc2)c1. The van der Waals surface area contributed by atoms with Gasteiger partial charge in [-0.1, -0.05) is 29.8 Å². The van der Waals surface area contributed by atoms with E-state index in [9.17, 15) is 0 Å². The van der Waals surface area contributed by atoms with Crippen molar-refractivity contribution in [2.75, 3.05) is 13.7 Å². The summed E-state index contributed by atoms with van der Waals surface area (Å²) in [5.41, 5.74) is 3.77. The summed E-state index contributed by atoms with van der Waals surface area (Å²) in [6.07, 6.45) is 7.35. The van der Waals surface area contributed by atoms with Gasteiger partial charge in [0.05, 0.1) is 0 Å². The quantitative estimate of drug-likeness (QED) is 0.844. The molecular formula is C19H25N3O. The number of rotatable bonds is 5. The Bertz CT molecular complexity index is 621. The average Bonchev–Trinajstić information content (AvgIpc) is 2.56. The Balaban J connectivity index is 1.57. The lowest BCUT2D eigenvalue weighted by atomic mass is 10.1. The third-order valence-corrected chi connectivity index (χ3v) is 4.18. The van der Waals surface area contributed by atoms with Crippen molar-refractivity contribution in [2.24, 2.45) is 0 Å². The van der Waals surface area contributed by atoms with E-state index in [1.54, 1.807) is 0 Å². The molecule has 23 heavy (non-hydrogen) atoms. The van der Waals surface area contributed by atoms with E-state index in [4.69, 9.17) is 4.74 Å². The Labute approximate surface area is 138 Å². The van der Waals surface area contributed by atoms with Crippen LogP contribution in [0.5, 0.6) is 0 Å². The van der Waals surface area contributed by atoms with Gasteiger partial charge in [0.2, 0.25) is 0 Å². The molecule has 0 amide bonds. The van der Waals surface area contributed by atoms with Crippen LogP contribution in [0, 0.1) is 6.92 Å². The Kier molecular flexibility index (Phi) is 5.36. The number of hydrogen-bond donors (Lipinski definition) is 0. The molecule has 3 rings (SSSR count). The van der Waals surface area contributed by atoms with Crippen molar-refractivity contribution in [3.63, 3.8) is 0 Å². The molecular weight excluding hydrogens is 286 g/mol. The van der Waals surface area contributed by atoms with Crippen molar-refractivity contribution in [2.45, 2.75) is 45.4 Å². The van der Waals surface area contributed by atoms with Crippen molar-refractivity contribution in [3.05, 3.63) is 59.2 Å². The fourth-order valence-corrected chi connectivity index (χ4v) is 3.05. The van der Waals surface area contributed by atoms with E-state index in [0.717, 1.165) is 43.9 Å². The predicted octanol–water partition coefficient (Wildman–Crippen LogP) is 3.66. The zero-order chi connectivity index (χ0) is 16.1. The largest absolute Gasteiger partial charge is 0.370 e. The first-order chi connectivity index (χ1) is 11.2. The lowest BCUT2D eigenvalue weighted by Gasteiger charge is -2.21. The maximum absolute atomic E-state index is 5.74. The smallest absolute Gasteiger partial charge is 0.157 e. The molecule has 1 unspecified atom stereocenters. The van der Waals surface area contributed by atoms with Crippen LogP contribution in [0.3, 0.4) is 0 Å². The third kappa shape index (κ3) is 4.60. The maximum atomic E-state index is 5.74. The highest BCUT2D eigenvalue weighted by Gasteiger charge is 2.18.